The van der Waals surface area contributed by atoms with Crippen LogP contribution in [0.5, 0.6) is 0 Å². The lowest BCUT2D eigenvalue weighted by molar-refractivity contribution is -0.148. The number of ether oxygens (including phenoxy) is 1. The van der Waals surface area contributed by atoms with E-state index in [4.69, 9.17) is 9.15 Å². The Labute approximate surface area is 104 Å². The fourth-order valence-corrected chi connectivity index (χ4v) is 1.87. The Hall–Kier alpha value is -1.82. The Morgan fingerprint density at radius 3 is 2.78 bits per heavy atom. The van der Waals surface area contributed by atoms with E-state index in [-0.39, 0.29) is 19.0 Å². The molecule has 18 heavy (non-hydrogen) atoms. The third-order valence-corrected chi connectivity index (χ3v) is 3.21. The first-order chi connectivity index (χ1) is 8.43. The number of amides is 1. The lowest BCUT2D eigenvalue weighted by Gasteiger charge is -2.24. The molecule has 1 aromatic heterocycles. The number of hydrogen-bond donors (Lipinski definition) is 2. The molecule has 1 fully saturated rings. The van der Waals surface area contributed by atoms with Gasteiger partial charge in [-0.25, -0.2) is 0 Å². The number of carbonyl (C=O) groups is 2. The van der Waals surface area contributed by atoms with Crippen LogP contribution in [0.4, 0.5) is 0 Å². The maximum atomic E-state index is 11.9. The number of aliphatic carboxylic acids is 1. The molecule has 0 saturated carbocycles. The standard InChI is InChI=1S/C12H15NO5/c1-7-3-4-8(18-7)10(14)13-9-5-17-6-12(9,2)11(15)16/h3-4,9H,5-6H2,1-2H3,(H,13,14)(H,15,16). The van der Waals surface area contributed by atoms with Crippen molar-refractivity contribution < 1.29 is 23.8 Å². The van der Waals surface area contributed by atoms with Crippen molar-refractivity contribution in [3.05, 3.63) is 23.7 Å². The first-order valence-corrected chi connectivity index (χ1v) is 5.62. The molecule has 98 valence electrons. The smallest absolute Gasteiger partial charge is 0.313 e. The second kappa shape index (κ2) is 4.45. The highest BCUT2D eigenvalue weighted by Gasteiger charge is 2.47. The summed E-state index contributed by atoms with van der Waals surface area (Å²) in [6.07, 6.45) is 0. The average molecular weight is 253 g/mol. The van der Waals surface area contributed by atoms with E-state index in [1.807, 2.05) is 0 Å². The zero-order valence-electron chi connectivity index (χ0n) is 10.2. The molecule has 2 N–H and O–H groups in total. The first-order valence-electron chi connectivity index (χ1n) is 5.62. The minimum Gasteiger partial charge on any atom is -0.481 e. The summed E-state index contributed by atoms with van der Waals surface area (Å²) in [7, 11) is 0. The predicted octanol–water partition coefficient (Wildman–Crippen LogP) is 0.808. The number of furan rings is 1. The fourth-order valence-electron chi connectivity index (χ4n) is 1.87. The Morgan fingerprint density at radius 1 is 1.50 bits per heavy atom. The van der Waals surface area contributed by atoms with E-state index in [2.05, 4.69) is 5.32 Å². The molecule has 0 aromatic carbocycles. The molecule has 1 aliphatic heterocycles. The van der Waals surface area contributed by atoms with Gasteiger partial charge in [0.15, 0.2) is 5.76 Å². The highest BCUT2D eigenvalue weighted by molar-refractivity contribution is 5.92. The van der Waals surface area contributed by atoms with Gasteiger partial charge in [0.1, 0.15) is 11.2 Å². The van der Waals surface area contributed by atoms with E-state index in [0.29, 0.717) is 5.76 Å². The predicted molar refractivity (Wildman–Crippen MR) is 61.3 cm³/mol. The summed E-state index contributed by atoms with van der Waals surface area (Å²) in [5, 5.41) is 11.8. The van der Waals surface area contributed by atoms with Crippen molar-refractivity contribution >= 4 is 11.9 Å². The van der Waals surface area contributed by atoms with Gasteiger partial charge < -0.3 is 19.6 Å². The molecule has 0 aliphatic carbocycles. The van der Waals surface area contributed by atoms with Crippen molar-refractivity contribution in [3.63, 3.8) is 0 Å². The van der Waals surface area contributed by atoms with Crippen molar-refractivity contribution in [2.45, 2.75) is 19.9 Å². The van der Waals surface area contributed by atoms with Crippen LogP contribution >= 0.6 is 0 Å². The Morgan fingerprint density at radius 2 is 2.22 bits per heavy atom. The van der Waals surface area contributed by atoms with Gasteiger partial charge in [-0.05, 0) is 26.0 Å². The van der Waals surface area contributed by atoms with Gasteiger partial charge in [0.05, 0.1) is 19.3 Å². The quantitative estimate of drug-likeness (QED) is 0.832. The maximum Gasteiger partial charge on any atom is 0.313 e. The topological polar surface area (TPSA) is 88.8 Å². The Balaban J connectivity index is 2.10. The lowest BCUT2D eigenvalue weighted by atomic mass is 9.85. The zero-order valence-corrected chi connectivity index (χ0v) is 10.2. The molecule has 0 radical (unpaired) electrons. The van der Waals surface area contributed by atoms with Crippen molar-refractivity contribution in [1.29, 1.82) is 0 Å². The van der Waals surface area contributed by atoms with Crippen molar-refractivity contribution in [2.24, 2.45) is 5.41 Å². The van der Waals surface area contributed by atoms with Crippen LogP contribution in [0.15, 0.2) is 16.5 Å². The highest BCUT2D eigenvalue weighted by atomic mass is 16.5. The lowest BCUT2D eigenvalue weighted by Crippen LogP contribution is -2.49. The summed E-state index contributed by atoms with van der Waals surface area (Å²) in [5.74, 6) is -0.608. The summed E-state index contributed by atoms with van der Waals surface area (Å²) in [4.78, 5) is 23.1. The van der Waals surface area contributed by atoms with Gasteiger partial charge in [0.2, 0.25) is 0 Å². The summed E-state index contributed by atoms with van der Waals surface area (Å²) in [6.45, 7) is 3.57. The number of carboxylic acid groups (broad SMARTS) is 1. The summed E-state index contributed by atoms with van der Waals surface area (Å²) in [6, 6.07) is 2.67. The molecular formula is C12H15NO5. The second-order valence-corrected chi connectivity index (χ2v) is 4.67. The largest absolute Gasteiger partial charge is 0.481 e. The van der Waals surface area contributed by atoms with Crippen LogP contribution in [0, 0.1) is 12.3 Å². The third-order valence-electron chi connectivity index (χ3n) is 3.21. The van der Waals surface area contributed by atoms with Crippen LogP contribution in [-0.2, 0) is 9.53 Å². The summed E-state index contributed by atoms with van der Waals surface area (Å²) < 4.78 is 10.3. The molecule has 6 nitrogen and oxygen atoms in total. The van der Waals surface area contributed by atoms with Crippen molar-refractivity contribution in [2.75, 3.05) is 13.2 Å². The van der Waals surface area contributed by atoms with Crippen LogP contribution in [-0.4, -0.2) is 36.2 Å². The Bertz CT molecular complexity index is 481. The molecular weight excluding hydrogens is 238 g/mol. The van der Waals surface area contributed by atoms with Crippen LogP contribution in [0.2, 0.25) is 0 Å². The van der Waals surface area contributed by atoms with Crippen LogP contribution < -0.4 is 5.32 Å². The van der Waals surface area contributed by atoms with Gasteiger partial charge in [0, 0.05) is 0 Å². The van der Waals surface area contributed by atoms with E-state index in [1.54, 1.807) is 26.0 Å². The molecule has 1 aromatic rings. The van der Waals surface area contributed by atoms with E-state index < -0.39 is 23.3 Å². The molecule has 1 amide bonds. The minimum atomic E-state index is -1.10. The summed E-state index contributed by atoms with van der Waals surface area (Å²) in [5.41, 5.74) is -1.10. The van der Waals surface area contributed by atoms with Gasteiger partial charge in [-0.2, -0.15) is 0 Å². The third kappa shape index (κ3) is 2.11. The van der Waals surface area contributed by atoms with Gasteiger partial charge in [0.25, 0.3) is 5.91 Å². The SMILES string of the molecule is Cc1ccc(C(=O)NC2COCC2(C)C(=O)O)o1. The molecule has 1 saturated heterocycles. The Kier molecular flexibility index (Phi) is 3.13. The van der Waals surface area contributed by atoms with Gasteiger partial charge >= 0.3 is 5.97 Å². The molecule has 0 bridgehead atoms. The number of nitrogens with one attached hydrogen (secondary N) is 1. The number of rotatable bonds is 3. The van der Waals surface area contributed by atoms with Gasteiger partial charge in [-0.15, -0.1) is 0 Å². The van der Waals surface area contributed by atoms with E-state index >= 15 is 0 Å². The van der Waals surface area contributed by atoms with Crippen molar-refractivity contribution in [1.82, 2.24) is 5.32 Å². The monoisotopic (exact) mass is 253 g/mol. The van der Waals surface area contributed by atoms with Gasteiger partial charge in [-0.1, -0.05) is 0 Å². The molecule has 2 rings (SSSR count). The van der Waals surface area contributed by atoms with Crippen LogP contribution in [0.3, 0.4) is 0 Å². The van der Waals surface area contributed by atoms with E-state index in [9.17, 15) is 14.7 Å². The van der Waals surface area contributed by atoms with E-state index in [0.717, 1.165) is 0 Å². The number of hydrogen-bond acceptors (Lipinski definition) is 4. The summed E-state index contributed by atoms with van der Waals surface area (Å²) >= 11 is 0. The average Bonchev–Trinajstić information content (AvgIpc) is 2.87. The molecule has 1 aliphatic rings. The molecule has 0 spiro atoms. The number of carboxylic acids is 1. The fraction of sp³-hybridized carbons (Fsp3) is 0.500. The van der Waals surface area contributed by atoms with Gasteiger partial charge in [-0.3, -0.25) is 9.59 Å². The molecule has 2 unspecified atom stereocenters. The zero-order chi connectivity index (χ0) is 13.3. The molecule has 2 atom stereocenters. The van der Waals surface area contributed by atoms with Crippen molar-refractivity contribution in [3.8, 4) is 0 Å². The number of aryl methyl sites for hydroxylation is 1. The normalized spacial score (nSPS) is 27.1. The maximum absolute atomic E-state index is 11.9. The first kappa shape index (κ1) is 12.6. The molecule has 6 heteroatoms. The highest BCUT2D eigenvalue weighted by Crippen LogP contribution is 2.29. The van der Waals surface area contributed by atoms with Crippen LogP contribution in [0.25, 0.3) is 0 Å². The second-order valence-electron chi connectivity index (χ2n) is 4.67. The molecule has 2 heterocycles. The number of carbonyl (C=O) groups excluding carboxylic acids is 1. The minimum absolute atomic E-state index is 0.0878. The van der Waals surface area contributed by atoms with E-state index in [1.165, 1.54) is 0 Å². The van der Waals surface area contributed by atoms with Crippen LogP contribution in [0.1, 0.15) is 23.2 Å².